The number of amides is 1. The van der Waals surface area contributed by atoms with Crippen LogP contribution in [-0.2, 0) is 9.53 Å². The van der Waals surface area contributed by atoms with Gasteiger partial charge < -0.3 is 9.64 Å². The summed E-state index contributed by atoms with van der Waals surface area (Å²) in [4.78, 5) is 13.0. The second-order valence-corrected chi connectivity index (χ2v) is 5.48. The maximum absolute atomic E-state index is 11.6. The molecular formula is C10H18ClNO2. The molecule has 0 aliphatic carbocycles. The van der Waals surface area contributed by atoms with Crippen LogP contribution in [0.3, 0.4) is 0 Å². The molecule has 0 aromatic carbocycles. The molecule has 3 nitrogen and oxygen atoms in total. The Morgan fingerprint density at radius 3 is 2.29 bits per heavy atom. The second kappa shape index (κ2) is 3.70. The molecule has 4 heteroatoms. The number of halogens is 1. The topological polar surface area (TPSA) is 29.5 Å². The smallest absolute Gasteiger partial charge is 0.254 e. The van der Waals surface area contributed by atoms with Gasteiger partial charge >= 0.3 is 0 Å². The van der Waals surface area contributed by atoms with Crippen LogP contribution in [0.25, 0.3) is 0 Å². The Morgan fingerprint density at radius 1 is 1.50 bits per heavy atom. The standard InChI is InChI=1S/C10H18ClNO2/c1-6(2)12-8(10(3,4)11)7(14-5)9(12)13/h6-8H,1-5H3/t7-,8-/m0/s1. The van der Waals surface area contributed by atoms with E-state index in [1.165, 1.54) is 0 Å². The monoisotopic (exact) mass is 219 g/mol. The van der Waals surface area contributed by atoms with Gasteiger partial charge in [-0.25, -0.2) is 0 Å². The van der Waals surface area contributed by atoms with E-state index in [4.69, 9.17) is 16.3 Å². The van der Waals surface area contributed by atoms with Crippen LogP contribution in [0.2, 0.25) is 0 Å². The van der Waals surface area contributed by atoms with Crippen LogP contribution in [0.15, 0.2) is 0 Å². The van der Waals surface area contributed by atoms with Crippen molar-refractivity contribution in [2.45, 2.75) is 50.8 Å². The predicted molar refractivity (Wildman–Crippen MR) is 56.5 cm³/mol. The number of nitrogens with zero attached hydrogens (tertiary/aromatic N) is 1. The zero-order chi connectivity index (χ0) is 11.1. The summed E-state index contributed by atoms with van der Waals surface area (Å²) in [5, 5.41) is 0. The van der Waals surface area contributed by atoms with E-state index < -0.39 is 4.87 Å². The molecular weight excluding hydrogens is 202 g/mol. The Hall–Kier alpha value is -0.280. The Bertz CT molecular complexity index is 235. The van der Waals surface area contributed by atoms with Gasteiger partial charge in [0.1, 0.15) is 0 Å². The number of ether oxygens (including phenoxy) is 1. The molecule has 0 aromatic rings. The zero-order valence-electron chi connectivity index (χ0n) is 9.37. The van der Waals surface area contributed by atoms with Crippen molar-refractivity contribution in [3.05, 3.63) is 0 Å². The summed E-state index contributed by atoms with van der Waals surface area (Å²) < 4.78 is 5.14. The molecule has 2 atom stereocenters. The van der Waals surface area contributed by atoms with Crippen LogP contribution in [0.1, 0.15) is 27.7 Å². The van der Waals surface area contributed by atoms with Gasteiger partial charge in [-0.05, 0) is 27.7 Å². The van der Waals surface area contributed by atoms with Crippen LogP contribution in [0.5, 0.6) is 0 Å². The molecule has 1 aliphatic rings. The predicted octanol–water partition coefficient (Wildman–Crippen LogP) is 1.64. The fourth-order valence-corrected chi connectivity index (χ4v) is 2.20. The van der Waals surface area contributed by atoms with Crippen LogP contribution >= 0.6 is 11.6 Å². The number of hydrogen-bond donors (Lipinski definition) is 0. The normalized spacial score (nSPS) is 28.2. The molecule has 0 saturated carbocycles. The summed E-state index contributed by atoms with van der Waals surface area (Å²) in [7, 11) is 1.55. The van der Waals surface area contributed by atoms with Crippen LogP contribution < -0.4 is 0 Å². The number of carbonyl (C=O) groups is 1. The third-order valence-electron chi connectivity index (χ3n) is 2.60. The van der Waals surface area contributed by atoms with Gasteiger partial charge in [0.05, 0.1) is 10.9 Å². The maximum atomic E-state index is 11.6. The number of β-lactam (4-membered cyclic amide) rings is 1. The highest BCUT2D eigenvalue weighted by molar-refractivity contribution is 6.24. The van der Waals surface area contributed by atoms with E-state index >= 15 is 0 Å². The number of hydrogen-bond acceptors (Lipinski definition) is 2. The van der Waals surface area contributed by atoms with Crippen molar-refractivity contribution in [2.75, 3.05) is 7.11 Å². The Kier molecular flexibility index (Phi) is 3.12. The number of rotatable bonds is 3. The molecule has 1 aliphatic heterocycles. The Balaban J connectivity index is 2.84. The molecule has 0 spiro atoms. The van der Waals surface area contributed by atoms with Crippen molar-refractivity contribution in [3.8, 4) is 0 Å². The summed E-state index contributed by atoms with van der Waals surface area (Å²) in [6, 6.07) is 0.151. The lowest BCUT2D eigenvalue weighted by molar-refractivity contribution is -0.177. The lowest BCUT2D eigenvalue weighted by Crippen LogP contribution is -2.72. The first-order valence-corrected chi connectivity index (χ1v) is 5.22. The van der Waals surface area contributed by atoms with Gasteiger partial charge in [-0.1, -0.05) is 0 Å². The van der Waals surface area contributed by atoms with Crippen molar-refractivity contribution in [2.24, 2.45) is 0 Å². The second-order valence-electron chi connectivity index (χ2n) is 4.50. The average Bonchev–Trinajstić information content (AvgIpc) is 1.97. The van der Waals surface area contributed by atoms with Crippen LogP contribution in [0.4, 0.5) is 0 Å². The fraction of sp³-hybridized carbons (Fsp3) is 0.900. The minimum atomic E-state index is -0.446. The Labute approximate surface area is 90.4 Å². The van der Waals surface area contributed by atoms with Gasteiger partial charge in [-0.3, -0.25) is 4.79 Å². The highest BCUT2D eigenvalue weighted by Gasteiger charge is 2.55. The SMILES string of the molecule is CO[C@@H]1C(=O)N(C(C)C)[C@@H]1C(C)(C)Cl. The van der Waals surface area contributed by atoms with Gasteiger partial charge in [0.15, 0.2) is 6.10 Å². The first-order chi connectivity index (χ1) is 6.30. The molecule has 0 radical (unpaired) electrons. The third-order valence-corrected chi connectivity index (χ3v) is 2.82. The van der Waals surface area contributed by atoms with E-state index in [1.807, 2.05) is 27.7 Å². The fourth-order valence-electron chi connectivity index (χ4n) is 1.98. The van der Waals surface area contributed by atoms with Crippen LogP contribution in [0, 0.1) is 0 Å². The van der Waals surface area contributed by atoms with Crippen LogP contribution in [-0.4, -0.2) is 41.0 Å². The van der Waals surface area contributed by atoms with Crippen molar-refractivity contribution in [1.29, 1.82) is 0 Å². The van der Waals surface area contributed by atoms with E-state index in [-0.39, 0.29) is 24.1 Å². The van der Waals surface area contributed by atoms with Crippen molar-refractivity contribution in [3.63, 3.8) is 0 Å². The number of carbonyl (C=O) groups excluding carboxylic acids is 1. The number of alkyl halides is 1. The van der Waals surface area contributed by atoms with Gasteiger partial charge in [0, 0.05) is 13.2 Å². The van der Waals surface area contributed by atoms with Crippen molar-refractivity contribution in [1.82, 2.24) is 4.90 Å². The molecule has 0 unspecified atom stereocenters. The van der Waals surface area contributed by atoms with E-state index in [1.54, 1.807) is 12.0 Å². The first-order valence-electron chi connectivity index (χ1n) is 4.84. The summed E-state index contributed by atoms with van der Waals surface area (Å²) in [5.41, 5.74) is 0. The molecule has 14 heavy (non-hydrogen) atoms. The Morgan fingerprint density at radius 2 is 2.00 bits per heavy atom. The van der Waals surface area contributed by atoms with E-state index in [9.17, 15) is 4.79 Å². The van der Waals surface area contributed by atoms with Gasteiger partial charge in [0.2, 0.25) is 0 Å². The molecule has 1 amide bonds. The highest BCUT2D eigenvalue weighted by Crippen LogP contribution is 2.36. The van der Waals surface area contributed by atoms with Gasteiger partial charge in [-0.2, -0.15) is 0 Å². The van der Waals surface area contributed by atoms with E-state index in [0.29, 0.717) is 0 Å². The summed E-state index contributed by atoms with van der Waals surface area (Å²) in [5.74, 6) is 0.0428. The zero-order valence-corrected chi connectivity index (χ0v) is 10.1. The van der Waals surface area contributed by atoms with E-state index in [0.717, 1.165) is 0 Å². The molecule has 0 aromatic heterocycles. The van der Waals surface area contributed by atoms with Gasteiger partial charge in [-0.15, -0.1) is 11.6 Å². The summed E-state index contributed by atoms with van der Waals surface area (Å²) >= 11 is 6.24. The van der Waals surface area contributed by atoms with Crippen molar-refractivity contribution >= 4 is 17.5 Å². The average molecular weight is 220 g/mol. The third kappa shape index (κ3) is 1.75. The molecule has 1 heterocycles. The summed E-state index contributed by atoms with van der Waals surface area (Å²) in [6.45, 7) is 7.79. The molecule has 1 rings (SSSR count). The minimum absolute atomic E-state index is 0.0262. The molecule has 1 saturated heterocycles. The van der Waals surface area contributed by atoms with E-state index in [2.05, 4.69) is 0 Å². The first kappa shape index (κ1) is 11.8. The molecule has 0 N–H and O–H groups in total. The number of likely N-dealkylation sites (tertiary alicyclic amines) is 1. The maximum Gasteiger partial charge on any atom is 0.254 e. The molecule has 1 fully saturated rings. The molecule has 0 bridgehead atoms. The van der Waals surface area contributed by atoms with Crippen molar-refractivity contribution < 1.29 is 9.53 Å². The van der Waals surface area contributed by atoms with Gasteiger partial charge in [0.25, 0.3) is 5.91 Å². The largest absolute Gasteiger partial charge is 0.369 e. The quantitative estimate of drug-likeness (QED) is 0.534. The minimum Gasteiger partial charge on any atom is -0.369 e. The number of methoxy groups -OCH3 is 1. The lowest BCUT2D eigenvalue weighted by atomic mass is 9.86. The lowest BCUT2D eigenvalue weighted by Gasteiger charge is -2.53. The highest BCUT2D eigenvalue weighted by atomic mass is 35.5. The molecule has 82 valence electrons. The summed E-state index contributed by atoms with van der Waals surface area (Å²) in [6.07, 6.45) is -0.370.